The first kappa shape index (κ1) is 18.5. The van der Waals surface area contributed by atoms with Crippen LogP contribution in [0.25, 0.3) is 0 Å². The summed E-state index contributed by atoms with van der Waals surface area (Å²) in [5, 5.41) is 19.9. The van der Waals surface area contributed by atoms with Gasteiger partial charge in [-0.1, -0.05) is 42.5 Å². The van der Waals surface area contributed by atoms with Crippen LogP contribution in [0.15, 0.2) is 54.6 Å². The summed E-state index contributed by atoms with van der Waals surface area (Å²) in [5.74, 6) is 1.51. The first-order valence-corrected chi connectivity index (χ1v) is 9.85. The van der Waals surface area contributed by atoms with Gasteiger partial charge >= 0.3 is 0 Å². The second-order valence-corrected chi connectivity index (χ2v) is 8.30. The van der Waals surface area contributed by atoms with Crippen molar-refractivity contribution in [1.29, 1.82) is 0 Å². The predicted octanol–water partition coefficient (Wildman–Crippen LogP) is 3.40. The molecule has 1 aliphatic carbocycles. The Balaban J connectivity index is 1.35. The first-order chi connectivity index (χ1) is 13.1. The molecule has 1 saturated heterocycles. The van der Waals surface area contributed by atoms with Crippen LogP contribution in [0.4, 0.5) is 0 Å². The third kappa shape index (κ3) is 4.03. The number of ether oxygens (including phenoxy) is 1. The number of benzene rings is 2. The van der Waals surface area contributed by atoms with Crippen LogP contribution >= 0.6 is 0 Å². The summed E-state index contributed by atoms with van der Waals surface area (Å²) in [4.78, 5) is 2.38. The molecule has 4 nitrogen and oxygen atoms in total. The number of hydrogen-bond donors (Lipinski definition) is 2. The molecule has 2 aromatic carbocycles. The van der Waals surface area contributed by atoms with Crippen molar-refractivity contribution in [2.45, 2.75) is 31.0 Å². The van der Waals surface area contributed by atoms with Crippen molar-refractivity contribution in [3.8, 4) is 5.75 Å². The Kier molecular flexibility index (Phi) is 5.22. The van der Waals surface area contributed by atoms with E-state index < -0.39 is 6.10 Å². The van der Waals surface area contributed by atoms with E-state index >= 15 is 0 Å². The standard InChI is InChI=1S/C23H29NO3/c1-27-23(11-17-5-3-2-4-6-17)12-19-14-24(15-20(19)13-23)16-22(26)18-7-9-21(25)10-8-18/h2-10,19-20,22,25-26H,11-16H2,1H3/t19-,20+,22?,23-. The number of aromatic hydroxyl groups is 1. The molecule has 1 heterocycles. The van der Waals surface area contributed by atoms with Gasteiger partial charge in [0.1, 0.15) is 5.75 Å². The molecule has 2 aliphatic rings. The van der Waals surface area contributed by atoms with Crippen LogP contribution in [-0.4, -0.2) is 47.5 Å². The van der Waals surface area contributed by atoms with Gasteiger partial charge in [0.25, 0.3) is 0 Å². The number of likely N-dealkylation sites (tertiary alicyclic amines) is 1. The summed E-state index contributed by atoms with van der Waals surface area (Å²) >= 11 is 0. The van der Waals surface area contributed by atoms with Crippen molar-refractivity contribution in [3.63, 3.8) is 0 Å². The van der Waals surface area contributed by atoms with E-state index in [4.69, 9.17) is 4.74 Å². The quantitative estimate of drug-likeness (QED) is 0.822. The molecule has 2 aromatic rings. The van der Waals surface area contributed by atoms with Crippen LogP contribution in [0.5, 0.6) is 5.75 Å². The minimum absolute atomic E-state index is 0.0433. The average Bonchev–Trinajstić information content (AvgIpc) is 3.18. The fourth-order valence-electron chi connectivity index (χ4n) is 5.08. The zero-order valence-electron chi connectivity index (χ0n) is 15.9. The minimum Gasteiger partial charge on any atom is -0.508 e. The zero-order chi connectivity index (χ0) is 18.9. The lowest BCUT2D eigenvalue weighted by molar-refractivity contribution is -0.0141. The number of methoxy groups -OCH3 is 1. The van der Waals surface area contributed by atoms with Crippen molar-refractivity contribution in [3.05, 3.63) is 65.7 Å². The molecule has 27 heavy (non-hydrogen) atoms. The monoisotopic (exact) mass is 367 g/mol. The Bertz CT molecular complexity index is 732. The van der Waals surface area contributed by atoms with Crippen molar-refractivity contribution in [1.82, 2.24) is 4.90 Å². The van der Waals surface area contributed by atoms with Gasteiger partial charge in [-0.25, -0.2) is 0 Å². The lowest BCUT2D eigenvalue weighted by atomic mass is 9.91. The molecule has 4 atom stereocenters. The van der Waals surface area contributed by atoms with Crippen molar-refractivity contribution >= 4 is 0 Å². The Morgan fingerprint density at radius 2 is 1.67 bits per heavy atom. The van der Waals surface area contributed by atoms with Crippen LogP contribution in [0, 0.1) is 11.8 Å². The van der Waals surface area contributed by atoms with E-state index in [-0.39, 0.29) is 11.4 Å². The molecule has 0 spiro atoms. The van der Waals surface area contributed by atoms with Gasteiger partial charge in [0.05, 0.1) is 11.7 Å². The number of nitrogens with zero attached hydrogens (tertiary/aromatic N) is 1. The third-order valence-electron chi connectivity index (χ3n) is 6.43. The Morgan fingerprint density at radius 3 is 2.26 bits per heavy atom. The second-order valence-electron chi connectivity index (χ2n) is 8.30. The number of rotatable bonds is 6. The van der Waals surface area contributed by atoms with Crippen molar-refractivity contribution < 1.29 is 14.9 Å². The number of aliphatic hydroxyl groups is 1. The van der Waals surface area contributed by atoms with Gasteiger partial charge in [-0.2, -0.15) is 0 Å². The second kappa shape index (κ2) is 7.63. The van der Waals surface area contributed by atoms with E-state index in [0.29, 0.717) is 18.4 Å². The highest BCUT2D eigenvalue weighted by Crippen LogP contribution is 2.47. The number of aliphatic hydroxyl groups excluding tert-OH is 1. The molecule has 0 bridgehead atoms. The van der Waals surface area contributed by atoms with Crippen molar-refractivity contribution in [2.24, 2.45) is 11.8 Å². The fraction of sp³-hybridized carbons (Fsp3) is 0.478. The Hall–Kier alpha value is -1.88. The fourth-order valence-corrected chi connectivity index (χ4v) is 5.08. The SMILES string of the molecule is CO[C@@]1(Cc2ccccc2)C[C@H]2CN(CC(O)c3ccc(O)cc3)C[C@H]2C1. The van der Waals surface area contributed by atoms with E-state index in [2.05, 4.69) is 35.2 Å². The summed E-state index contributed by atoms with van der Waals surface area (Å²) < 4.78 is 6.04. The van der Waals surface area contributed by atoms with Gasteiger partial charge < -0.3 is 14.9 Å². The third-order valence-corrected chi connectivity index (χ3v) is 6.43. The number of hydrogen-bond acceptors (Lipinski definition) is 4. The normalized spacial score (nSPS) is 29.0. The number of β-amino-alcohol motifs (C(OH)–C–C–N with tert-alkyl or cyclic N) is 1. The van der Waals surface area contributed by atoms with Crippen molar-refractivity contribution in [2.75, 3.05) is 26.7 Å². The van der Waals surface area contributed by atoms with Crippen LogP contribution in [0.2, 0.25) is 0 Å². The van der Waals surface area contributed by atoms with Crippen LogP contribution in [-0.2, 0) is 11.2 Å². The first-order valence-electron chi connectivity index (χ1n) is 9.85. The Labute approximate surface area is 161 Å². The molecule has 2 N–H and O–H groups in total. The van der Waals surface area contributed by atoms with E-state index in [1.807, 2.05) is 7.11 Å². The predicted molar refractivity (Wildman–Crippen MR) is 106 cm³/mol. The lowest BCUT2D eigenvalue weighted by Crippen LogP contribution is -2.35. The maximum atomic E-state index is 10.5. The maximum Gasteiger partial charge on any atom is 0.115 e. The highest BCUT2D eigenvalue weighted by atomic mass is 16.5. The molecule has 4 heteroatoms. The smallest absolute Gasteiger partial charge is 0.115 e. The molecular weight excluding hydrogens is 338 g/mol. The van der Waals surface area contributed by atoms with Gasteiger partial charge in [0, 0.05) is 33.2 Å². The van der Waals surface area contributed by atoms with Crippen LogP contribution in [0.3, 0.4) is 0 Å². The highest BCUT2D eigenvalue weighted by molar-refractivity contribution is 5.27. The molecule has 1 unspecified atom stereocenters. The minimum atomic E-state index is -0.513. The molecule has 1 saturated carbocycles. The van der Waals surface area contributed by atoms with E-state index in [1.165, 1.54) is 5.56 Å². The summed E-state index contributed by atoms with van der Waals surface area (Å²) in [6.45, 7) is 2.70. The van der Waals surface area contributed by atoms with E-state index in [9.17, 15) is 10.2 Å². The van der Waals surface area contributed by atoms with Gasteiger partial charge in [-0.05, 0) is 47.9 Å². The number of fused-ring (bicyclic) bond motifs is 1. The molecule has 144 valence electrons. The molecule has 1 aliphatic heterocycles. The summed E-state index contributed by atoms with van der Waals surface area (Å²) in [6, 6.07) is 17.5. The summed E-state index contributed by atoms with van der Waals surface area (Å²) in [5.41, 5.74) is 2.16. The average molecular weight is 367 g/mol. The number of phenols is 1. The number of phenolic OH excluding ortho intramolecular Hbond substituents is 1. The van der Waals surface area contributed by atoms with Gasteiger partial charge in [0.2, 0.25) is 0 Å². The zero-order valence-corrected chi connectivity index (χ0v) is 15.9. The van der Waals surface area contributed by atoms with E-state index in [1.54, 1.807) is 24.3 Å². The highest BCUT2D eigenvalue weighted by Gasteiger charge is 2.49. The van der Waals surface area contributed by atoms with E-state index in [0.717, 1.165) is 37.9 Å². The van der Waals surface area contributed by atoms with Crippen LogP contribution < -0.4 is 0 Å². The maximum absolute atomic E-state index is 10.5. The Morgan fingerprint density at radius 1 is 1.04 bits per heavy atom. The molecule has 4 rings (SSSR count). The van der Waals surface area contributed by atoms with Crippen LogP contribution in [0.1, 0.15) is 30.1 Å². The molecule has 0 aromatic heterocycles. The topological polar surface area (TPSA) is 52.9 Å². The molecule has 0 radical (unpaired) electrons. The molecule has 2 fully saturated rings. The largest absolute Gasteiger partial charge is 0.508 e. The summed E-state index contributed by atoms with van der Waals surface area (Å²) in [7, 11) is 1.86. The molecular formula is C23H29NO3. The van der Waals surface area contributed by atoms with Gasteiger partial charge in [0.15, 0.2) is 0 Å². The molecule has 0 amide bonds. The van der Waals surface area contributed by atoms with Gasteiger partial charge in [-0.3, -0.25) is 4.90 Å². The van der Waals surface area contributed by atoms with Gasteiger partial charge in [-0.15, -0.1) is 0 Å². The summed E-state index contributed by atoms with van der Waals surface area (Å²) in [6.07, 6.45) is 2.65. The lowest BCUT2D eigenvalue weighted by Gasteiger charge is -2.30.